The molecule has 11 heteroatoms. The smallest absolute Gasteiger partial charge is 0.462 e. The zero-order valence-corrected chi connectivity index (χ0v) is 33.5. The van der Waals surface area contributed by atoms with E-state index in [1.54, 1.807) is 12.2 Å². The quantitative estimate of drug-likeness (QED) is 0.0183. The molecule has 0 aromatic carbocycles. The van der Waals surface area contributed by atoms with Crippen LogP contribution in [0.1, 0.15) is 162 Å². The molecule has 302 valence electrons. The third kappa shape index (κ3) is 36.3. The Bertz CT molecular complexity index is 1010. The van der Waals surface area contributed by atoms with Crippen molar-refractivity contribution in [2.45, 2.75) is 174 Å². The van der Waals surface area contributed by atoms with E-state index in [0.717, 1.165) is 51.4 Å². The van der Waals surface area contributed by atoms with E-state index < -0.39 is 38.6 Å². The van der Waals surface area contributed by atoms with Crippen molar-refractivity contribution < 1.29 is 42.7 Å². The summed E-state index contributed by atoms with van der Waals surface area (Å²) in [6, 6.07) is 0. The van der Waals surface area contributed by atoms with Crippen molar-refractivity contribution in [1.29, 1.82) is 0 Å². The van der Waals surface area contributed by atoms with Gasteiger partial charge in [0.2, 0.25) is 0 Å². The second-order valence-electron chi connectivity index (χ2n) is 13.3. The maximum absolute atomic E-state index is 12.5. The minimum absolute atomic E-state index is 0.0257. The number of carbonyl (C=O) groups is 2. The van der Waals surface area contributed by atoms with E-state index in [9.17, 15) is 24.2 Å². The van der Waals surface area contributed by atoms with Gasteiger partial charge < -0.3 is 25.2 Å². The van der Waals surface area contributed by atoms with Crippen LogP contribution in [0.3, 0.4) is 0 Å². The highest BCUT2D eigenvalue weighted by molar-refractivity contribution is 7.47. The largest absolute Gasteiger partial charge is 0.472 e. The summed E-state index contributed by atoms with van der Waals surface area (Å²) in [5, 5.41) is 10.2. The first-order chi connectivity index (χ1) is 25.2. The van der Waals surface area contributed by atoms with Crippen LogP contribution in [0.25, 0.3) is 0 Å². The molecular formula is C41H74NO9P. The van der Waals surface area contributed by atoms with Gasteiger partial charge in [0.05, 0.1) is 19.3 Å². The Labute approximate surface area is 316 Å². The van der Waals surface area contributed by atoms with E-state index in [4.69, 9.17) is 24.3 Å². The number of hydrogen-bond donors (Lipinski definition) is 3. The first kappa shape index (κ1) is 49.9. The van der Waals surface area contributed by atoms with Crippen LogP contribution in [-0.4, -0.2) is 60.5 Å². The van der Waals surface area contributed by atoms with Crippen LogP contribution in [0, 0.1) is 0 Å². The number of aliphatic hydroxyl groups is 1. The van der Waals surface area contributed by atoms with Crippen LogP contribution >= 0.6 is 7.82 Å². The highest BCUT2D eigenvalue weighted by atomic mass is 31.2. The molecule has 0 saturated heterocycles. The number of allylic oxidation sites excluding steroid dienone is 7. The summed E-state index contributed by atoms with van der Waals surface area (Å²) in [6.45, 7) is 3.46. The van der Waals surface area contributed by atoms with Gasteiger partial charge in [0, 0.05) is 19.4 Å². The number of esters is 2. The lowest BCUT2D eigenvalue weighted by molar-refractivity contribution is -0.161. The average Bonchev–Trinajstić information content (AvgIpc) is 3.12. The van der Waals surface area contributed by atoms with Gasteiger partial charge in [0.1, 0.15) is 6.61 Å². The highest BCUT2D eigenvalue weighted by Crippen LogP contribution is 2.43. The van der Waals surface area contributed by atoms with E-state index in [1.165, 1.54) is 64.2 Å². The lowest BCUT2D eigenvalue weighted by Crippen LogP contribution is -2.29. The van der Waals surface area contributed by atoms with Crippen molar-refractivity contribution in [1.82, 2.24) is 0 Å². The Morgan fingerprint density at radius 1 is 0.673 bits per heavy atom. The molecule has 2 unspecified atom stereocenters. The Kier molecular flexibility index (Phi) is 35.8. The Balaban J connectivity index is 4.40. The molecule has 0 aromatic heterocycles. The lowest BCUT2D eigenvalue weighted by atomic mass is 10.1. The SMILES string of the molecule is CCCCCC/C=C\CCCCCCCC(=O)O[C@H](COC(=O)CCCC(O)/C=C/C=C/C/C=C/CCCCCCCC)COP(=O)(O)OCCN. The van der Waals surface area contributed by atoms with Gasteiger partial charge in [-0.3, -0.25) is 18.6 Å². The van der Waals surface area contributed by atoms with E-state index >= 15 is 0 Å². The molecule has 3 atom stereocenters. The summed E-state index contributed by atoms with van der Waals surface area (Å²) >= 11 is 0. The molecular weight excluding hydrogens is 681 g/mol. The number of aliphatic hydroxyl groups excluding tert-OH is 1. The lowest BCUT2D eigenvalue weighted by Gasteiger charge is -2.20. The number of phosphoric ester groups is 1. The molecule has 0 saturated carbocycles. The molecule has 0 fully saturated rings. The molecule has 0 radical (unpaired) electrons. The van der Waals surface area contributed by atoms with E-state index in [1.807, 2.05) is 12.2 Å². The summed E-state index contributed by atoms with van der Waals surface area (Å²) in [7, 11) is -4.42. The zero-order chi connectivity index (χ0) is 38.4. The second kappa shape index (κ2) is 37.3. The fraction of sp³-hybridized carbons (Fsp3) is 0.756. The minimum atomic E-state index is -4.42. The van der Waals surface area contributed by atoms with Crippen molar-refractivity contribution in [2.24, 2.45) is 5.73 Å². The van der Waals surface area contributed by atoms with Crippen LogP contribution in [0.15, 0.2) is 48.6 Å². The van der Waals surface area contributed by atoms with E-state index in [-0.39, 0.29) is 32.6 Å². The Morgan fingerprint density at radius 3 is 1.87 bits per heavy atom. The van der Waals surface area contributed by atoms with Crippen molar-refractivity contribution in [3.05, 3.63) is 48.6 Å². The number of nitrogens with two attached hydrogens (primary N) is 1. The summed E-state index contributed by atoms with van der Waals surface area (Å²) in [4.78, 5) is 34.8. The van der Waals surface area contributed by atoms with E-state index in [2.05, 4.69) is 38.2 Å². The molecule has 4 N–H and O–H groups in total. The normalized spacial score (nSPS) is 14.5. The van der Waals surface area contributed by atoms with Crippen molar-refractivity contribution in [3.8, 4) is 0 Å². The van der Waals surface area contributed by atoms with Gasteiger partial charge in [-0.1, -0.05) is 133 Å². The molecule has 0 bridgehead atoms. The molecule has 0 heterocycles. The zero-order valence-electron chi connectivity index (χ0n) is 32.6. The minimum Gasteiger partial charge on any atom is -0.462 e. The standard InChI is InChI=1S/C41H74NO9P/c1-3-5-7-9-11-13-15-17-19-21-23-25-27-30-38(43)31-29-33-40(44)48-36-39(37-50-52(46,47)49-35-34-42)51-41(45)32-28-26-24-22-20-18-16-14-12-10-8-6-4-2/h14,16-17,19,23,25,27,30,38-39,43H,3-13,15,18,20-22,24,26,28-29,31-37,42H2,1-2H3,(H,46,47)/b16-14-,19-17+,25-23+,30-27+/t38?,39-/m1/s1. The predicted molar refractivity (Wildman–Crippen MR) is 212 cm³/mol. The maximum atomic E-state index is 12.5. The predicted octanol–water partition coefficient (Wildman–Crippen LogP) is 10.1. The topological polar surface area (TPSA) is 155 Å². The van der Waals surface area contributed by atoms with Gasteiger partial charge in [0.25, 0.3) is 0 Å². The van der Waals surface area contributed by atoms with Gasteiger partial charge in [0.15, 0.2) is 6.10 Å². The number of phosphoric acid groups is 1. The number of rotatable bonds is 37. The molecule has 0 spiro atoms. The monoisotopic (exact) mass is 756 g/mol. The number of unbranched alkanes of at least 4 members (excludes halogenated alkanes) is 15. The molecule has 0 aliphatic carbocycles. The fourth-order valence-corrected chi connectivity index (χ4v) is 5.99. The summed E-state index contributed by atoms with van der Waals surface area (Å²) in [6.07, 6.45) is 37.5. The Hall–Kier alpha value is -2.07. The third-order valence-electron chi connectivity index (χ3n) is 8.29. The number of carbonyl (C=O) groups excluding carboxylic acids is 2. The molecule has 0 rings (SSSR count). The van der Waals surface area contributed by atoms with Crippen LogP contribution in [0.2, 0.25) is 0 Å². The summed E-state index contributed by atoms with van der Waals surface area (Å²) in [5.41, 5.74) is 5.32. The second-order valence-corrected chi connectivity index (χ2v) is 14.8. The summed E-state index contributed by atoms with van der Waals surface area (Å²) in [5.74, 6) is -1.04. The van der Waals surface area contributed by atoms with Crippen LogP contribution in [-0.2, 0) is 32.7 Å². The molecule has 52 heavy (non-hydrogen) atoms. The van der Waals surface area contributed by atoms with Crippen LogP contribution in [0.5, 0.6) is 0 Å². The first-order valence-corrected chi connectivity index (χ1v) is 21.7. The molecule has 0 aromatic rings. The van der Waals surface area contributed by atoms with Gasteiger partial charge in [-0.05, 0) is 64.2 Å². The third-order valence-corrected chi connectivity index (χ3v) is 9.28. The van der Waals surface area contributed by atoms with Crippen LogP contribution < -0.4 is 5.73 Å². The maximum Gasteiger partial charge on any atom is 0.472 e. The van der Waals surface area contributed by atoms with Crippen LogP contribution in [0.4, 0.5) is 0 Å². The summed E-state index contributed by atoms with van der Waals surface area (Å²) < 4.78 is 32.5. The van der Waals surface area contributed by atoms with Gasteiger partial charge in [-0.2, -0.15) is 0 Å². The van der Waals surface area contributed by atoms with Gasteiger partial charge in [-0.25, -0.2) is 4.57 Å². The van der Waals surface area contributed by atoms with Crippen molar-refractivity contribution in [3.63, 3.8) is 0 Å². The van der Waals surface area contributed by atoms with Crippen molar-refractivity contribution >= 4 is 19.8 Å². The molecule has 0 amide bonds. The van der Waals surface area contributed by atoms with Gasteiger partial charge in [-0.15, -0.1) is 0 Å². The average molecular weight is 756 g/mol. The number of hydrogen-bond acceptors (Lipinski definition) is 9. The van der Waals surface area contributed by atoms with Crippen molar-refractivity contribution in [2.75, 3.05) is 26.4 Å². The fourth-order valence-electron chi connectivity index (χ4n) is 5.22. The molecule has 0 aliphatic heterocycles. The highest BCUT2D eigenvalue weighted by Gasteiger charge is 2.26. The molecule has 10 nitrogen and oxygen atoms in total. The molecule has 0 aliphatic rings. The first-order valence-electron chi connectivity index (χ1n) is 20.2. The Morgan fingerprint density at radius 2 is 1.23 bits per heavy atom. The van der Waals surface area contributed by atoms with E-state index in [0.29, 0.717) is 19.3 Å². The van der Waals surface area contributed by atoms with Gasteiger partial charge >= 0.3 is 19.8 Å². The number of ether oxygens (including phenoxy) is 2.